The molecule has 2 aromatic rings. The van der Waals surface area contributed by atoms with Gasteiger partial charge in [0.1, 0.15) is 0 Å². The van der Waals surface area contributed by atoms with Crippen LogP contribution >= 0.6 is 11.3 Å². The molecule has 3 heterocycles. The van der Waals surface area contributed by atoms with Gasteiger partial charge in [0.05, 0.1) is 24.7 Å². The van der Waals surface area contributed by atoms with E-state index in [1.807, 2.05) is 6.20 Å². The van der Waals surface area contributed by atoms with Gasteiger partial charge in [-0.15, -0.1) is 11.3 Å². The Hall–Kier alpha value is -2.06. The van der Waals surface area contributed by atoms with Crippen molar-refractivity contribution in [2.45, 2.75) is 39.3 Å². The number of aromatic nitrogens is 3. The van der Waals surface area contributed by atoms with E-state index < -0.39 is 0 Å². The topological polar surface area (TPSA) is 80.2 Å². The van der Waals surface area contributed by atoms with Gasteiger partial charge in [0, 0.05) is 50.0 Å². The lowest BCUT2D eigenvalue weighted by Gasteiger charge is -2.25. The lowest BCUT2D eigenvalue weighted by Crippen LogP contribution is -2.33. The largest absolute Gasteiger partial charge is 0.480 e. The van der Waals surface area contributed by atoms with Gasteiger partial charge >= 0.3 is 0 Å². The lowest BCUT2D eigenvalue weighted by molar-refractivity contribution is -0.114. The van der Waals surface area contributed by atoms with Gasteiger partial charge in [0.25, 0.3) is 0 Å². The van der Waals surface area contributed by atoms with Crippen molar-refractivity contribution in [3.63, 3.8) is 0 Å². The Morgan fingerprint density at radius 2 is 2.25 bits per heavy atom. The molecule has 0 aliphatic carbocycles. The normalized spacial score (nSPS) is 17.9. The van der Waals surface area contributed by atoms with E-state index in [1.165, 1.54) is 18.3 Å². The van der Waals surface area contributed by atoms with Crippen LogP contribution in [0.3, 0.4) is 0 Å². The monoisotopic (exact) mass is 347 g/mol. The standard InChI is InChI=1S/C16H21N5O2S/c1-10-6-14-13(20-15(23-3)8-17-14)4-5-21(10)9-12-7-18-16(24-12)19-11(2)22/h7-8,10H,4-6,9H2,1-3H3,(H,18,19,22)/t10-/m1/s1. The molecule has 0 saturated heterocycles. The van der Waals surface area contributed by atoms with Crippen LogP contribution in [0.15, 0.2) is 12.4 Å². The number of hydrogen-bond acceptors (Lipinski definition) is 7. The van der Waals surface area contributed by atoms with Crippen LogP contribution in [0.5, 0.6) is 5.88 Å². The SMILES string of the molecule is COc1cnc2c(n1)CCN(Cc1cnc(NC(C)=O)s1)[C@H](C)C2. The Bertz CT molecular complexity index is 733. The number of amides is 1. The van der Waals surface area contributed by atoms with Crippen LogP contribution in [0.4, 0.5) is 5.13 Å². The lowest BCUT2D eigenvalue weighted by atomic mass is 10.1. The van der Waals surface area contributed by atoms with Gasteiger partial charge in [-0.2, -0.15) is 0 Å². The third kappa shape index (κ3) is 3.88. The van der Waals surface area contributed by atoms with Crippen LogP contribution in [0, 0.1) is 0 Å². The first-order valence-electron chi connectivity index (χ1n) is 7.90. The molecule has 0 spiro atoms. The molecule has 2 aromatic heterocycles. The highest BCUT2D eigenvalue weighted by atomic mass is 32.1. The molecule has 1 N–H and O–H groups in total. The molecule has 3 rings (SSSR count). The summed E-state index contributed by atoms with van der Waals surface area (Å²) in [6, 6.07) is 0.361. The van der Waals surface area contributed by atoms with Crippen LogP contribution in [0.1, 0.15) is 30.1 Å². The zero-order valence-electron chi connectivity index (χ0n) is 14.1. The first kappa shape index (κ1) is 16.8. The fourth-order valence-electron chi connectivity index (χ4n) is 2.81. The molecule has 1 aliphatic heterocycles. The number of methoxy groups -OCH3 is 1. The van der Waals surface area contributed by atoms with E-state index in [1.54, 1.807) is 13.3 Å². The molecule has 7 nitrogen and oxygen atoms in total. The van der Waals surface area contributed by atoms with Crippen molar-refractivity contribution >= 4 is 22.4 Å². The van der Waals surface area contributed by atoms with Crippen molar-refractivity contribution in [2.75, 3.05) is 19.0 Å². The fraction of sp³-hybridized carbons (Fsp3) is 0.500. The molecule has 8 heteroatoms. The van der Waals surface area contributed by atoms with E-state index in [0.717, 1.165) is 42.2 Å². The smallest absolute Gasteiger partial charge is 0.232 e. The number of carbonyl (C=O) groups excluding carboxylic acids is 1. The second-order valence-electron chi connectivity index (χ2n) is 5.89. The zero-order valence-corrected chi connectivity index (χ0v) is 14.9. The summed E-state index contributed by atoms with van der Waals surface area (Å²) in [5.41, 5.74) is 2.07. The maximum atomic E-state index is 11.1. The maximum Gasteiger partial charge on any atom is 0.232 e. The van der Waals surface area contributed by atoms with Gasteiger partial charge in [-0.25, -0.2) is 9.97 Å². The summed E-state index contributed by atoms with van der Waals surface area (Å²) in [4.78, 5) is 27.9. The van der Waals surface area contributed by atoms with Crippen molar-refractivity contribution in [1.82, 2.24) is 19.9 Å². The summed E-state index contributed by atoms with van der Waals surface area (Å²) >= 11 is 1.52. The number of nitrogens with one attached hydrogen (secondary N) is 1. The number of rotatable bonds is 4. The van der Waals surface area contributed by atoms with Crippen molar-refractivity contribution in [2.24, 2.45) is 0 Å². The van der Waals surface area contributed by atoms with Gasteiger partial charge < -0.3 is 10.1 Å². The number of anilines is 1. The minimum absolute atomic E-state index is 0.0967. The van der Waals surface area contributed by atoms with E-state index >= 15 is 0 Å². The van der Waals surface area contributed by atoms with Crippen molar-refractivity contribution < 1.29 is 9.53 Å². The molecule has 0 aromatic carbocycles. The van der Waals surface area contributed by atoms with E-state index in [4.69, 9.17) is 4.74 Å². The Morgan fingerprint density at radius 3 is 3.00 bits per heavy atom. The van der Waals surface area contributed by atoms with Crippen LogP contribution in [-0.2, 0) is 24.2 Å². The number of thiazole rings is 1. The Balaban J connectivity index is 1.69. The molecule has 1 amide bonds. The van der Waals surface area contributed by atoms with Gasteiger partial charge in [-0.3, -0.25) is 14.7 Å². The van der Waals surface area contributed by atoms with Crippen LogP contribution in [0.25, 0.3) is 0 Å². The predicted octanol–water partition coefficient (Wildman–Crippen LogP) is 1.89. The number of hydrogen-bond donors (Lipinski definition) is 1. The average molecular weight is 347 g/mol. The molecule has 128 valence electrons. The van der Waals surface area contributed by atoms with Crippen molar-refractivity contribution in [3.05, 3.63) is 28.7 Å². The van der Waals surface area contributed by atoms with Gasteiger partial charge in [0.15, 0.2) is 5.13 Å². The van der Waals surface area contributed by atoms with Gasteiger partial charge in [-0.05, 0) is 6.92 Å². The highest BCUT2D eigenvalue weighted by Crippen LogP contribution is 2.24. The minimum Gasteiger partial charge on any atom is -0.480 e. The number of carbonyl (C=O) groups is 1. The Labute approximate surface area is 145 Å². The Morgan fingerprint density at radius 1 is 1.42 bits per heavy atom. The van der Waals surface area contributed by atoms with E-state index in [-0.39, 0.29) is 5.91 Å². The quantitative estimate of drug-likeness (QED) is 0.910. The molecular weight excluding hydrogens is 326 g/mol. The highest BCUT2D eigenvalue weighted by molar-refractivity contribution is 7.15. The summed E-state index contributed by atoms with van der Waals surface area (Å²) in [5, 5.41) is 3.38. The maximum absolute atomic E-state index is 11.1. The predicted molar refractivity (Wildman–Crippen MR) is 92.3 cm³/mol. The second kappa shape index (κ2) is 7.23. The van der Waals surface area contributed by atoms with E-state index in [2.05, 4.69) is 32.1 Å². The molecular formula is C16H21N5O2S. The van der Waals surface area contributed by atoms with Gasteiger partial charge in [0.2, 0.25) is 11.8 Å². The van der Waals surface area contributed by atoms with Crippen molar-refractivity contribution in [3.8, 4) is 5.88 Å². The molecule has 0 saturated carbocycles. The molecule has 0 radical (unpaired) electrons. The summed E-state index contributed by atoms with van der Waals surface area (Å²) in [7, 11) is 1.61. The van der Waals surface area contributed by atoms with Gasteiger partial charge in [-0.1, -0.05) is 0 Å². The molecule has 24 heavy (non-hydrogen) atoms. The van der Waals surface area contributed by atoms with E-state index in [9.17, 15) is 4.79 Å². The number of ether oxygens (including phenoxy) is 1. The molecule has 0 bridgehead atoms. The second-order valence-corrected chi connectivity index (χ2v) is 7.01. The molecule has 0 fully saturated rings. The van der Waals surface area contributed by atoms with Crippen LogP contribution in [-0.4, -0.2) is 45.5 Å². The Kier molecular flexibility index (Phi) is 5.06. The van der Waals surface area contributed by atoms with E-state index in [0.29, 0.717) is 17.1 Å². The number of nitrogens with zero attached hydrogens (tertiary/aromatic N) is 4. The first-order chi connectivity index (χ1) is 11.5. The fourth-order valence-corrected chi connectivity index (χ4v) is 3.69. The first-order valence-corrected chi connectivity index (χ1v) is 8.72. The minimum atomic E-state index is -0.0967. The van der Waals surface area contributed by atoms with Crippen LogP contribution in [0.2, 0.25) is 0 Å². The third-order valence-corrected chi connectivity index (χ3v) is 4.96. The summed E-state index contributed by atoms with van der Waals surface area (Å²) < 4.78 is 5.18. The summed E-state index contributed by atoms with van der Waals surface area (Å²) in [6.45, 7) is 5.41. The molecule has 0 unspecified atom stereocenters. The summed E-state index contributed by atoms with van der Waals surface area (Å²) in [5.74, 6) is 0.470. The highest BCUT2D eigenvalue weighted by Gasteiger charge is 2.23. The average Bonchev–Trinajstić information content (AvgIpc) is 2.91. The number of fused-ring (bicyclic) bond motifs is 1. The molecule has 1 aliphatic rings. The van der Waals surface area contributed by atoms with Crippen molar-refractivity contribution in [1.29, 1.82) is 0 Å². The third-order valence-electron chi connectivity index (χ3n) is 4.06. The molecule has 1 atom stereocenters. The van der Waals surface area contributed by atoms with Crippen LogP contribution < -0.4 is 10.1 Å². The zero-order chi connectivity index (χ0) is 17.1. The summed E-state index contributed by atoms with van der Waals surface area (Å²) in [6.07, 6.45) is 5.23.